The van der Waals surface area contributed by atoms with Crippen molar-refractivity contribution >= 4 is 11.0 Å². The average Bonchev–Trinajstić information content (AvgIpc) is 2.77. The van der Waals surface area contributed by atoms with Crippen molar-refractivity contribution in [2.75, 3.05) is 7.11 Å². The molecule has 1 unspecified atom stereocenters. The van der Waals surface area contributed by atoms with Gasteiger partial charge in [-0.3, -0.25) is 0 Å². The van der Waals surface area contributed by atoms with Crippen molar-refractivity contribution in [3.63, 3.8) is 0 Å². The van der Waals surface area contributed by atoms with E-state index in [0.717, 1.165) is 36.1 Å². The van der Waals surface area contributed by atoms with E-state index >= 15 is 0 Å². The van der Waals surface area contributed by atoms with Gasteiger partial charge >= 0.3 is 0 Å². The van der Waals surface area contributed by atoms with Crippen molar-refractivity contribution in [1.29, 1.82) is 0 Å². The second-order valence-electron chi connectivity index (χ2n) is 4.47. The Balaban J connectivity index is 2.14. The zero-order valence-electron chi connectivity index (χ0n) is 10.8. The molecule has 1 heterocycles. The van der Waals surface area contributed by atoms with E-state index < -0.39 is 0 Å². The lowest BCUT2D eigenvalue weighted by Crippen LogP contribution is -2.06. The lowest BCUT2D eigenvalue weighted by Gasteiger charge is -2.06. The molecule has 0 radical (unpaired) electrons. The van der Waals surface area contributed by atoms with E-state index in [0.29, 0.717) is 0 Å². The van der Waals surface area contributed by atoms with Gasteiger partial charge in [0.15, 0.2) is 0 Å². The molecule has 0 aliphatic rings. The maximum atomic E-state index is 5.24. The first-order valence-electron chi connectivity index (χ1n) is 6.23. The highest BCUT2D eigenvalue weighted by atomic mass is 16.5. The van der Waals surface area contributed by atoms with E-state index in [-0.39, 0.29) is 6.10 Å². The summed E-state index contributed by atoms with van der Waals surface area (Å²) < 4.78 is 5.24. The molecule has 0 saturated carbocycles. The zero-order valence-corrected chi connectivity index (χ0v) is 10.8. The summed E-state index contributed by atoms with van der Waals surface area (Å²) in [4.78, 5) is 7.97. The Kier molecular flexibility index (Phi) is 3.79. The van der Waals surface area contributed by atoms with Crippen molar-refractivity contribution in [2.45, 2.75) is 39.2 Å². The van der Waals surface area contributed by atoms with Crippen LogP contribution in [-0.2, 0) is 17.6 Å². The lowest BCUT2D eigenvalue weighted by atomic mass is 10.1. The van der Waals surface area contributed by atoms with Crippen molar-refractivity contribution in [3.05, 3.63) is 29.6 Å². The van der Waals surface area contributed by atoms with E-state index in [4.69, 9.17) is 4.74 Å². The Morgan fingerprint density at radius 1 is 1.41 bits per heavy atom. The SMILES string of the molecule is CCc1ccc2nc(CCC(C)OC)[nH]c2c1. The second kappa shape index (κ2) is 5.32. The van der Waals surface area contributed by atoms with Crippen LogP contribution < -0.4 is 0 Å². The van der Waals surface area contributed by atoms with Gasteiger partial charge in [-0.25, -0.2) is 4.98 Å². The minimum atomic E-state index is 0.286. The fourth-order valence-corrected chi connectivity index (χ4v) is 1.91. The normalized spacial score (nSPS) is 13.1. The summed E-state index contributed by atoms with van der Waals surface area (Å²) in [6.07, 6.45) is 3.28. The smallest absolute Gasteiger partial charge is 0.107 e. The summed E-state index contributed by atoms with van der Waals surface area (Å²) >= 11 is 0. The Morgan fingerprint density at radius 3 is 2.94 bits per heavy atom. The predicted molar refractivity (Wildman–Crippen MR) is 70.3 cm³/mol. The highest BCUT2D eigenvalue weighted by molar-refractivity contribution is 5.75. The minimum Gasteiger partial charge on any atom is -0.382 e. The third-order valence-corrected chi connectivity index (χ3v) is 3.19. The highest BCUT2D eigenvalue weighted by Gasteiger charge is 2.05. The molecule has 1 aromatic carbocycles. The topological polar surface area (TPSA) is 37.9 Å². The summed E-state index contributed by atoms with van der Waals surface area (Å²) in [5, 5.41) is 0. The van der Waals surface area contributed by atoms with Gasteiger partial charge in [-0.15, -0.1) is 0 Å². The molecule has 17 heavy (non-hydrogen) atoms. The molecule has 0 spiro atoms. The number of nitrogens with one attached hydrogen (secondary N) is 1. The summed E-state index contributed by atoms with van der Waals surface area (Å²) in [5.74, 6) is 1.05. The van der Waals surface area contributed by atoms with E-state index in [1.807, 2.05) is 0 Å². The molecule has 92 valence electrons. The number of hydrogen-bond acceptors (Lipinski definition) is 2. The van der Waals surface area contributed by atoms with Crippen LogP contribution in [0.1, 0.15) is 31.7 Å². The maximum Gasteiger partial charge on any atom is 0.107 e. The monoisotopic (exact) mass is 232 g/mol. The number of nitrogens with zero attached hydrogens (tertiary/aromatic N) is 1. The quantitative estimate of drug-likeness (QED) is 0.860. The van der Waals surface area contributed by atoms with E-state index in [9.17, 15) is 0 Å². The number of rotatable bonds is 5. The third kappa shape index (κ3) is 2.86. The van der Waals surface area contributed by atoms with Crippen LogP contribution in [0, 0.1) is 0 Å². The van der Waals surface area contributed by atoms with Crippen molar-refractivity contribution in [3.8, 4) is 0 Å². The van der Waals surface area contributed by atoms with Gasteiger partial charge in [0, 0.05) is 13.5 Å². The molecule has 0 aliphatic carbocycles. The first-order valence-corrected chi connectivity index (χ1v) is 6.23. The second-order valence-corrected chi connectivity index (χ2v) is 4.47. The van der Waals surface area contributed by atoms with Crippen molar-refractivity contribution in [1.82, 2.24) is 9.97 Å². The molecule has 1 atom stereocenters. The molecule has 3 nitrogen and oxygen atoms in total. The van der Waals surface area contributed by atoms with Gasteiger partial charge in [0.25, 0.3) is 0 Å². The molecule has 0 aliphatic heterocycles. The highest BCUT2D eigenvalue weighted by Crippen LogP contribution is 2.15. The van der Waals surface area contributed by atoms with Crippen molar-refractivity contribution in [2.24, 2.45) is 0 Å². The summed E-state index contributed by atoms with van der Waals surface area (Å²) in [6, 6.07) is 6.42. The van der Waals surface area contributed by atoms with Crippen LogP contribution >= 0.6 is 0 Å². The number of aromatic nitrogens is 2. The number of methoxy groups -OCH3 is 1. The van der Waals surface area contributed by atoms with Gasteiger partial charge in [-0.05, 0) is 37.5 Å². The standard InChI is InChI=1S/C14H20N2O/c1-4-11-6-7-12-13(9-11)16-14(15-12)8-5-10(2)17-3/h6-7,9-10H,4-5,8H2,1-3H3,(H,15,16). The number of aromatic amines is 1. The van der Waals surface area contributed by atoms with Gasteiger partial charge in [-0.2, -0.15) is 0 Å². The van der Waals surface area contributed by atoms with Crippen LogP contribution in [0.2, 0.25) is 0 Å². The van der Waals surface area contributed by atoms with Gasteiger partial charge in [0.05, 0.1) is 17.1 Å². The molecule has 3 heteroatoms. The molecular weight excluding hydrogens is 212 g/mol. The fraction of sp³-hybridized carbons (Fsp3) is 0.500. The van der Waals surface area contributed by atoms with Crippen LogP contribution in [0.15, 0.2) is 18.2 Å². The first kappa shape index (κ1) is 12.1. The van der Waals surface area contributed by atoms with Crippen LogP contribution in [0.25, 0.3) is 11.0 Å². The number of hydrogen-bond donors (Lipinski definition) is 1. The molecule has 1 aromatic heterocycles. The van der Waals surface area contributed by atoms with E-state index in [1.54, 1.807) is 7.11 Å². The van der Waals surface area contributed by atoms with Crippen molar-refractivity contribution < 1.29 is 4.74 Å². The Hall–Kier alpha value is -1.35. The van der Waals surface area contributed by atoms with E-state index in [2.05, 4.69) is 42.0 Å². The molecule has 2 aromatic rings. The number of ether oxygens (including phenoxy) is 1. The number of H-pyrrole nitrogens is 1. The third-order valence-electron chi connectivity index (χ3n) is 3.19. The minimum absolute atomic E-state index is 0.286. The van der Waals surface area contributed by atoms with Crippen LogP contribution in [-0.4, -0.2) is 23.2 Å². The van der Waals surface area contributed by atoms with E-state index in [1.165, 1.54) is 5.56 Å². The lowest BCUT2D eigenvalue weighted by molar-refractivity contribution is 0.111. The van der Waals surface area contributed by atoms with Gasteiger partial charge in [0.1, 0.15) is 5.82 Å². The number of imidazole rings is 1. The van der Waals surface area contributed by atoms with Gasteiger partial charge in [0.2, 0.25) is 0 Å². The molecule has 0 bridgehead atoms. The van der Waals surface area contributed by atoms with Crippen LogP contribution in [0.5, 0.6) is 0 Å². The largest absolute Gasteiger partial charge is 0.382 e. The number of fused-ring (bicyclic) bond motifs is 1. The molecule has 1 N–H and O–H groups in total. The molecular formula is C14H20N2O. The maximum absolute atomic E-state index is 5.24. The Bertz CT molecular complexity index is 490. The number of benzene rings is 1. The molecule has 2 rings (SSSR count). The molecule has 0 fully saturated rings. The van der Waals surface area contributed by atoms with Crippen LogP contribution in [0.4, 0.5) is 0 Å². The average molecular weight is 232 g/mol. The predicted octanol–water partition coefficient (Wildman–Crippen LogP) is 3.09. The molecule has 0 saturated heterocycles. The molecule has 0 amide bonds. The Labute approximate surface area is 102 Å². The summed E-state index contributed by atoms with van der Waals surface area (Å²) in [5.41, 5.74) is 3.55. The first-order chi connectivity index (χ1) is 8.22. The van der Waals surface area contributed by atoms with Gasteiger partial charge in [-0.1, -0.05) is 13.0 Å². The van der Waals surface area contributed by atoms with Gasteiger partial charge < -0.3 is 9.72 Å². The number of aryl methyl sites for hydroxylation is 2. The summed E-state index contributed by atoms with van der Waals surface area (Å²) in [6.45, 7) is 4.25. The van der Waals surface area contributed by atoms with Crippen LogP contribution in [0.3, 0.4) is 0 Å². The Morgan fingerprint density at radius 2 is 2.24 bits per heavy atom. The zero-order chi connectivity index (χ0) is 12.3. The fourth-order valence-electron chi connectivity index (χ4n) is 1.91. The summed E-state index contributed by atoms with van der Waals surface area (Å²) in [7, 11) is 1.75.